The van der Waals surface area contributed by atoms with Crippen LogP contribution in [0.2, 0.25) is 0 Å². The lowest BCUT2D eigenvalue weighted by atomic mass is 9.87. The Morgan fingerprint density at radius 3 is 1.43 bits per heavy atom. The molecule has 3 aromatic carbocycles. The Balaban J connectivity index is 1.30. The summed E-state index contributed by atoms with van der Waals surface area (Å²) in [5.41, 5.74) is 0.457. The second-order valence-corrected chi connectivity index (χ2v) is 15.9. The maximum absolute atomic E-state index is 13.4. The highest BCUT2D eigenvalue weighted by atomic mass is 31.2. The Morgan fingerprint density at radius 2 is 0.926 bits per heavy atom. The van der Waals surface area contributed by atoms with Crippen molar-refractivity contribution in [2.45, 2.75) is 64.7 Å². The number of unbranched alkanes of at least 4 members (excludes halogenated alkanes) is 7. The van der Waals surface area contributed by atoms with E-state index in [1.165, 1.54) is 47.7 Å². The summed E-state index contributed by atoms with van der Waals surface area (Å²) >= 11 is 0. The fourth-order valence-corrected chi connectivity index (χ4v) is 10.6. The first-order chi connectivity index (χ1) is 26.6. The maximum atomic E-state index is 13.4. The van der Waals surface area contributed by atoms with Gasteiger partial charge in [0.15, 0.2) is 11.6 Å². The van der Waals surface area contributed by atoms with Crippen molar-refractivity contribution in [3.05, 3.63) is 114 Å². The SMILES string of the molecule is C#CC#CC#CC#CC1=C(C#CC#CC#CC#CC)C(=O)C=C(CCCCCCCCCC[P+](c2ccccc2)(c2ccccc2)c2ccccc2)C1=O. The molecule has 54 heavy (non-hydrogen) atoms. The first kappa shape index (κ1) is 40.2. The molecule has 0 unspecified atom stereocenters. The van der Waals surface area contributed by atoms with Crippen LogP contribution < -0.4 is 15.9 Å². The molecule has 0 N–H and O–H groups in total. The van der Waals surface area contributed by atoms with Gasteiger partial charge in [0, 0.05) is 5.57 Å². The molecule has 2 nitrogen and oxygen atoms in total. The molecule has 0 atom stereocenters. The zero-order chi connectivity index (χ0) is 38.1. The molecule has 0 heterocycles. The summed E-state index contributed by atoms with van der Waals surface area (Å²) in [6, 6.07) is 33.2. The second kappa shape index (κ2) is 23.1. The van der Waals surface area contributed by atoms with Crippen LogP contribution in [0, 0.1) is 95.2 Å². The van der Waals surface area contributed by atoms with Crippen molar-refractivity contribution in [3.63, 3.8) is 0 Å². The Hall–Kier alpha value is -6.61. The van der Waals surface area contributed by atoms with Gasteiger partial charge in [-0.25, -0.2) is 0 Å². The molecule has 0 saturated heterocycles. The number of carbonyl (C=O) groups excluding carboxylic acids is 2. The Labute approximate surface area is 323 Å². The van der Waals surface area contributed by atoms with Crippen LogP contribution in [0.5, 0.6) is 0 Å². The third kappa shape index (κ3) is 12.0. The van der Waals surface area contributed by atoms with Gasteiger partial charge in [0.25, 0.3) is 0 Å². The van der Waals surface area contributed by atoms with Crippen LogP contribution in [-0.4, -0.2) is 17.7 Å². The van der Waals surface area contributed by atoms with E-state index in [0.29, 0.717) is 12.0 Å². The van der Waals surface area contributed by atoms with Gasteiger partial charge in [-0.3, -0.25) is 9.59 Å². The number of allylic oxidation sites excluding steroid dienone is 4. The maximum Gasteiger partial charge on any atom is 0.198 e. The summed E-state index contributed by atoms with van der Waals surface area (Å²) in [5.74, 6) is 37.5. The summed E-state index contributed by atoms with van der Waals surface area (Å²) in [5, 5.41) is 4.30. The lowest BCUT2D eigenvalue weighted by Gasteiger charge is -2.27. The average Bonchev–Trinajstić information content (AvgIpc) is 3.21. The summed E-state index contributed by atoms with van der Waals surface area (Å²) in [7, 11) is -1.79. The fraction of sp³-hybridized carbons (Fsp3) is 0.216. The predicted molar refractivity (Wildman–Crippen MR) is 226 cm³/mol. The number of ketones is 2. The van der Waals surface area contributed by atoms with Crippen molar-refractivity contribution in [2.75, 3.05) is 6.16 Å². The highest BCUT2D eigenvalue weighted by Gasteiger charge is 2.44. The molecule has 0 fully saturated rings. The number of hydrogen-bond acceptors (Lipinski definition) is 2. The monoisotopic (exact) mass is 715 g/mol. The molecule has 0 aromatic heterocycles. The molecule has 0 amide bonds. The van der Waals surface area contributed by atoms with Gasteiger partial charge in [-0.15, -0.1) is 6.42 Å². The minimum absolute atomic E-state index is 0.000881. The van der Waals surface area contributed by atoms with Crippen LogP contribution in [0.25, 0.3) is 0 Å². The molecule has 0 saturated carbocycles. The Kier molecular flexibility index (Phi) is 17.1. The number of terminal acetylenes is 1. The molecule has 0 radical (unpaired) electrons. The zero-order valence-corrected chi connectivity index (χ0v) is 31.5. The van der Waals surface area contributed by atoms with E-state index in [1.54, 1.807) is 6.92 Å². The van der Waals surface area contributed by atoms with Gasteiger partial charge in [0.05, 0.1) is 17.3 Å². The molecule has 3 aromatic rings. The van der Waals surface area contributed by atoms with E-state index in [-0.39, 0.29) is 22.7 Å². The zero-order valence-electron chi connectivity index (χ0n) is 30.6. The van der Waals surface area contributed by atoms with Crippen molar-refractivity contribution in [2.24, 2.45) is 0 Å². The van der Waals surface area contributed by atoms with E-state index in [4.69, 9.17) is 6.42 Å². The average molecular weight is 716 g/mol. The van der Waals surface area contributed by atoms with E-state index in [1.807, 2.05) is 0 Å². The Bertz CT molecular complexity index is 2260. The van der Waals surface area contributed by atoms with Gasteiger partial charge in [0.1, 0.15) is 23.2 Å². The van der Waals surface area contributed by atoms with Crippen molar-refractivity contribution >= 4 is 34.7 Å². The number of benzene rings is 3. The summed E-state index contributed by atoms with van der Waals surface area (Å²) < 4.78 is 0. The molecule has 0 spiro atoms. The standard InChI is InChI=1S/C51H40O2P/c1-3-5-7-9-13-18-30-40-48-49(41-31-17-10-8-6-4-2)51(53)44(43-50(48)52)33-23-16-14-11-12-15-19-32-42-54(45-34-24-20-25-35-45,46-36-26-21-27-37-46)47-38-28-22-29-39-47/h2,20-22,24-29,34-39,43H,11-12,14-16,19,23,32-33,42H2,1H3/q+1. The number of carbonyl (C=O) groups is 2. The second-order valence-electron chi connectivity index (χ2n) is 12.3. The first-order valence-corrected chi connectivity index (χ1v) is 20.1. The van der Waals surface area contributed by atoms with Crippen molar-refractivity contribution in [1.29, 1.82) is 0 Å². The molecule has 1 aliphatic rings. The highest BCUT2D eigenvalue weighted by Crippen LogP contribution is 2.56. The van der Waals surface area contributed by atoms with Crippen LogP contribution >= 0.6 is 7.26 Å². The highest BCUT2D eigenvalue weighted by molar-refractivity contribution is 7.95. The molecule has 4 rings (SSSR count). The molecule has 3 heteroatoms. The minimum atomic E-state index is -1.79. The quantitative estimate of drug-likeness (QED) is 0.0749. The summed E-state index contributed by atoms with van der Waals surface area (Å²) in [6.07, 6.45) is 16.8. The normalized spacial score (nSPS) is 11.2. The largest absolute Gasteiger partial charge is 0.288 e. The third-order valence-corrected chi connectivity index (χ3v) is 13.3. The summed E-state index contributed by atoms with van der Waals surface area (Å²) in [6.45, 7) is 1.68. The topological polar surface area (TPSA) is 34.1 Å². The van der Waals surface area contributed by atoms with E-state index in [9.17, 15) is 9.59 Å². The minimum Gasteiger partial charge on any atom is -0.288 e. The van der Waals surface area contributed by atoms with Gasteiger partial charge >= 0.3 is 0 Å². The molecule has 0 aliphatic heterocycles. The third-order valence-electron chi connectivity index (χ3n) is 8.74. The van der Waals surface area contributed by atoms with Crippen LogP contribution in [0.15, 0.2) is 114 Å². The first-order valence-electron chi connectivity index (χ1n) is 18.1. The fourth-order valence-electron chi connectivity index (χ4n) is 6.23. The lowest BCUT2D eigenvalue weighted by molar-refractivity contribution is -0.115. The van der Waals surface area contributed by atoms with Gasteiger partial charge in [-0.2, -0.15) is 0 Å². The molecule has 0 bridgehead atoms. The van der Waals surface area contributed by atoms with E-state index >= 15 is 0 Å². The predicted octanol–water partition coefficient (Wildman–Crippen LogP) is 7.54. The lowest BCUT2D eigenvalue weighted by Crippen LogP contribution is -2.33. The van der Waals surface area contributed by atoms with Crippen molar-refractivity contribution in [3.8, 4) is 95.2 Å². The van der Waals surface area contributed by atoms with Crippen molar-refractivity contribution < 1.29 is 9.59 Å². The van der Waals surface area contributed by atoms with Gasteiger partial charge in [0.2, 0.25) is 0 Å². The molecular weight excluding hydrogens is 676 g/mol. The number of hydrogen-bond donors (Lipinski definition) is 0. The molecule has 260 valence electrons. The van der Waals surface area contributed by atoms with Gasteiger partial charge in [-0.05, 0) is 158 Å². The van der Waals surface area contributed by atoms with Crippen molar-refractivity contribution in [1.82, 2.24) is 0 Å². The summed E-state index contributed by atoms with van der Waals surface area (Å²) in [4.78, 5) is 26.5. The van der Waals surface area contributed by atoms with Gasteiger partial charge < -0.3 is 0 Å². The van der Waals surface area contributed by atoms with Crippen LogP contribution in [0.1, 0.15) is 64.7 Å². The van der Waals surface area contributed by atoms with E-state index in [2.05, 4.69) is 180 Å². The number of rotatable bonds is 14. The Morgan fingerprint density at radius 1 is 0.500 bits per heavy atom. The smallest absolute Gasteiger partial charge is 0.198 e. The molecular formula is C51H40O2P+. The van der Waals surface area contributed by atoms with E-state index in [0.717, 1.165) is 31.8 Å². The number of Topliss-reactive ketones (excluding diaryl/α,β-unsaturated/α-hetero) is 1. The van der Waals surface area contributed by atoms with Crippen LogP contribution in [0.4, 0.5) is 0 Å². The van der Waals surface area contributed by atoms with Crippen LogP contribution in [-0.2, 0) is 9.59 Å². The van der Waals surface area contributed by atoms with Crippen LogP contribution in [0.3, 0.4) is 0 Å². The molecule has 1 aliphatic carbocycles. The van der Waals surface area contributed by atoms with E-state index < -0.39 is 7.26 Å². The van der Waals surface area contributed by atoms with Gasteiger partial charge in [-0.1, -0.05) is 92.6 Å².